The molecular weight excluding hydrogens is 428 g/mol. The molecule has 0 aliphatic heterocycles. The number of thioether (sulfide) groups is 1. The summed E-state index contributed by atoms with van der Waals surface area (Å²) in [6, 6.07) is 13.4. The Morgan fingerprint density at radius 1 is 1.10 bits per heavy atom. The number of hydrogen-bond acceptors (Lipinski definition) is 5. The van der Waals surface area contributed by atoms with Crippen LogP contribution in [0.25, 0.3) is 10.9 Å². The van der Waals surface area contributed by atoms with Crippen LogP contribution >= 0.6 is 23.4 Å². The van der Waals surface area contributed by atoms with Crippen molar-refractivity contribution in [2.75, 3.05) is 11.5 Å². The summed E-state index contributed by atoms with van der Waals surface area (Å²) in [5, 5.41) is 1.63. The summed E-state index contributed by atoms with van der Waals surface area (Å²) in [6.07, 6.45) is 0.844. The Kier molecular flexibility index (Phi) is 7.03. The first-order chi connectivity index (χ1) is 13.8. The van der Waals surface area contributed by atoms with Gasteiger partial charge in [-0.3, -0.25) is 9.36 Å². The number of para-hydroxylation sites is 1. The quantitative estimate of drug-likeness (QED) is 0.368. The van der Waals surface area contributed by atoms with Crippen LogP contribution < -0.4 is 5.56 Å². The van der Waals surface area contributed by atoms with E-state index >= 15 is 0 Å². The summed E-state index contributed by atoms with van der Waals surface area (Å²) in [5.74, 6) is 0.695. The van der Waals surface area contributed by atoms with Gasteiger partial charge in [0, 0.05) is 17.3 Å². The number of rotatable bonds is 8. The maximum Gasteiger partial charge on any atom is 0.262 e. The number of sulfone groups is 1. The fraction of sp³-hybridized carbons (Fsp3) is 0.333. The first kappa shape index (κ1) is 21.9. The second-order valence-corrected chi connectivity index (χ2v) is 10.8. The predicted molar refractivity (Wildman–Crippen MR) is 120 cm³/mol. The van der Waals surface area contributed by atoms with Crippen molar-refractivity contribution in [1.82, 2.24) is 9.55 Å². The largest absolute Gasteiger partial charge is 0.287 e. The van der Waals surface area contributed by atoms with Crippen molar-refractivity contribution < 1.29 is 8.42 Å². The van der Waals surface area contributed by atoms with Crippen LogP contribution in [0.2, 0.25) is 5.02 Å². The van der Waals surface area contributed by atoms with Crippen molar-refractivity contribution >= 4 is 44.1 Å². The number of aromatic nitrogens is 2. The molecule has 0 radical (unpaired) electrons. The summed E-state index contributed by atoms with van der Waals surface area (Å²) < 4.78 is 26.8. The highest BCUT2D eigenvalue weighted by Crippen LogP contribution is 2.21. The van der Waals surface area contributed by atoms with Crippen molar-refractivity contribution in [3.63, 3.8) is 0 Å². The van der Waals surface area contributed by atoms with Crippen molar-refractivity contribution in [2.24, 2.45) is 5.92 Å². The Morgan fingerprint density at radius 2 is 1.79 bits per heavy atom. The van der Waals surface area contributed by atoms with Crippen LogP contribution in [0.1, 0.15) is 20.3 Å². The molecule has 29 heavy (non-hydrogen) atoms. The van der Waals surface area contributed by atoms with Crippen LogP contribution in [0.4, 0.5) is 0 Å². The van der Waals surface area contributed by atoms with E-state index in [1.807, 2.05) is 12.1 Å². The van der Waals surface area contributed by atoms with Crippen LogP contribution in [-0.4, -0.2) is 29.5 Å². The van der Waals surface area contributed by atoms with Gasteiger partial charge in [-0.2, -0.15) is 0 Å². The minimum Gasteiger partial charge on any atom is -0.287 e. The zero-order valence-electron chi connectivity index (χ0n) is 16.3. The molecule has 0 spiro atoms. The number of halogens is 1. The van der Waals surface area contributed by atoms with Gasteiger partial charge in [0.1, 0.15) is 0 Å². The first-order valence-electron chi connectivity index (χ1n) is 9.38. The molecule has 0 fully saturated rings. The van der Waals surface area contributed by atoms with Crippen molar-refractivity contribution in [2.45, 2.75) is 36.9 Å². The molecule has 0 bridgehead atoms. The average Bonchev–Trinajstić information content (AvgIpc) is 2.67. The highest BCUT2D eigenvalue weighted by Gasteiger charge is 2.17. The standard InChI is InChI=1S/C21H23ClN2O3S2/c1-15(2)11-12-24-20(25)18-5-3-4-6-19(18)23-21(24)28-13-14-29(26,27)17-9-7-16(22)8-10-17/h3-10,15H,11-14H2,1-2H3. The molecule has 0 unspecified atom stereocenters. The molecule has 8 heteroatoms. The highest BCUT2D eigenvalue weighted by molar-refractivity contribution is 8.00. The number of benzene rings is 2. The van der Waals surface area contributed by atoms with Gasteiger partial charge in [-0.1, -0.05) is 49.3 Å². The molecule has 0 saturated carbocycles. The van der Waals surface area contributed by atoms with E-state index in [2.05, 4.69) is 18.8 Å². The molecule has 0 amide bonds. The molecule has 3 aromatic rings. The molecule has 1 aromatic heterocycles. The first-order valence-corrected chi connectivity index (χ1v) is 12.4. The van der Waals surface area contributed by atoms with Crippen LogP contribution in [0.15, 0.2) is 63.4 Å². The lowest BCUT2D eigenvalue weighted by Crippen LogP contribution is -2.24. The molecule has 0 saturated heterocycles. The zero-order chi connectivity index (χ0) is 21.0. The van der Waals surface area contributed by atoms with E-state index in [0.29, 0.717) is 39.3 Å². The van der Waals surface area contributed by atoms with Crippen LogP contribution in [0.5, 0.6) is 0 Å². The molecule has 0 atom stereocenters. The molecule has 0 aliphatic carbocycles. The fourth-order valence-electron chi connectivity index (χ4n) is 2.84. The van der Waals surface area contributed by atoms with Crippen LogP contribution in [-0.2, 0) is 16.4 Å². The monoisotopic (exact) mass is 450 g/mol. The van der Waals surface area contributed by atoms with Gasteiger partial charge in [0.15, 0.2) is 15.0 Å². The minimum atomic E-state index is -3.43. The van der Waals surface area contributed by atoms with E-state index in [9.17, 15) is 13.2 Å². The van der Waals surface area contributed by atoms with Gasteiger partial charge in [0.2, 0.25) is 0 Å². The molecule has 2 aromatic carbocycles. The summed E-state index contributed by atoms with van der Waals surface area (Å²) in [7, 11) is -3.43. The second-order valence-electron chi connectivity index (χ2n) is 7.17. The lowest BCUT2D eigenvalue weighted by Gasteiger charge is -2.14. The molecule has 5 nitrogen and oxygen atoms in total. The summed E-state index contributed by atoms with van der Waals surface area (Å²) in [4.78, 5) is 17.8. The Hall–Kier alpha value is -1.83. The summed E-state index contributed by atoms with van der Waals surface area (Å²) in [5.41, 5.74) is 0.542. The molecular formula is C21H23ClN2O3S2. The molecule has 0 aliphatic rings. The van der Waals surface area contributed by atoms with E-state index in [0.717, 1.165) is 6.42 Å². The van der Waals surface area contributed by atoms with E-state index < -0.39 is 9.84 Å². The van der Waals surface area contributed by atoms with Crippen LogP contribution in [0.3, 0.4) is 0 Å². The summed E-state index contributed by atoms with van der Waals surface area (Å²) in [6.45, 7) is 4.76. The lowest BCUT2D eigenvalue weighted by molar-refractivity contribution is 0.481. The third-order valence-electron chi connectivity index (χ3n) is 4.51. The third kappa shape index (κ3) is 5.41. The van der Waals surface area contributed by atoms with Crippen molar-refractivity contribution in [3.8, 4) is 0 Å². The predicted octanol–water partition coefficient (Wildman–Crippen LogP) is 4.66. The SMILES string of the molecule is CC(C)CCn1c(SCCS(=O)(=O)c2ccc(Cl)cc2)nc2ccccc2c1=O. The average molecular weight is 451 g/mol. The maximum absolute atomic E-state index is 13.0. The zero-order valence-corrected chi connectivity index (χ0v) is 18.7. The van der Waals surface area contributed by atoms with E-state index in [1.165, 1.54) is 23.9 Å². The smallest absolute Gasteiger partial charge is 0.262 e. The molecule has 154 valence electrons. The molecule has 0 N–H and O–H groups in total. The topological polar surface area (TPSA) is 69.0 Å². The second kappa shape index (κ2) is 9.32. The third-order valence-corrected chi connectivity index (χ3v) is 7.73. The Labute approximate surface area is 180 Å². The summed E-state index contributed by atoms with van der Waals surface area (Å²) >= 11 is 7.14. The van der Waals surface area contributed by atoms with E-state index in [-0.39, 0.29) is 16.2 Å². The van der Waals surface area contributed by atoms with Gasteiger partial charge >= 0.3 is 0 Å². The van der Waals surface area contributed by atoms with Gasteiger partial charge in [-0.25, -0.2) is 13.4 Å². The van der Waals surface area contributed by atoms with Gasteiger partial charge in [0.05, 0.1) is 21.6 Å². The molecule has 1 heterocycles. The van der Waals surface area contributed by atoms with Gasteiger partial charge in [-0.15, -0.1) is 0 Å². The minimum absolute atomic E-state index is 0.0494. The number of nitrogens with zero attached hydrogens (tertiary/aromatic N) is 2. The van der Waals surface area contributed by atoms with Crippen molar-refractivity contribution in [3.05, 3.63) is 63.9 Å². The lowest BCUT2D eigenvalue weighted by atomic mass is 10.1. The number of fused-ring (bicyclic) bond motifs is 1. The Morgan fingerprint density at radius 3 is 2.48 bits per heavy atom. The van der Waals surface area contributed by atoms with Gasteiger partial charge in [-0.05, 0) is 48.7 Å². The maximum atomic E-state index is 13.0. The Balaban J connectivity index is 1.84. The molecule has 3 rings (SSSR count). The highest BCUT2D eigenvalue weighted by atomic mass is 35.5. The van der Waals surface area contributed by atoms with E-state index in [1.54, 1.807) is 28.8 Å². The van der Waals surface area contributed by atoms with E-state index in [4.69, 9.17) is 11.6 Å². The Bertz CT molecular complexity index is 1160. The van der Waals surface area contributed by atoms with Gasteiger partial charge in [0.25, 0.3) is 5.56 Å². The van der Waals surface area contributed by atoms with Crippen LogP contribution in [0, 0.1) is 5.92 Å². The van der Waals surface area contributed by atoms with Crippen molar-refractivity contribution in [1.29, 1.82) is 0 Å². The van der Waals surface area contributed by atoms with Gasteiger partial charge < -0.3 is 0 Å². The number of hydrogen-bond donors (Lipinski definition) is 0. The fourth-order valence-corrected chi connectivity index (χ4v) is 5.64. The normalized spacial score (nSPS) is 12.0.